The maximum absolute atomic E-state index is 12.7. The Labute approximate surface area is 222 Å². The largest absolute Gasteiger partial charge is 0.478 e. The molecule has 177 valence electrons. The number of benzene rings is 1. The molecule has 0 unspecified atom stereocenters. The van der Waals surface area contributed by atoms with Gasteiger partial charge < -0.3 is 30.9 Å². The van der Waals surface area contributed by atoms with Crippen LogP contribution in [0.5, 0.6) is 0 Å². The summed E-state index contributed by atoms with van der Waals surface area (Å²) in [6.07, 6.45) is -0.419. The van der Waals surface area contributed by atoms with Crippen molar-refractivity contribution in [2.75, 3.05) is 11.9 Å². The number of aliphatic hydroxyl groups excluding tert-OH is 1. The van der Waals surface area contributed by atoms with Crippen LogP contribution in [0.25, 0.3) is 0 Å². The Morgan fingerprint density at radius 1 is 1.24 bits per heavy atom. The number of aliphatic hydroxyl groups is 1. The summed E-state index contributed by atoms with van der Waals surface area (Å²) in [5.74, 6) is -3.79. The van der Waals surface area contributed by atoms with Gasteiger partial charge in [0.2, 0.25) is 11.8 Å². The molecule has 0 aliphatic carbocycles. The molecule has 2 amide bonds. The van der Waals surface area contributed by atoms with E-state index in [1.54, 1.807) is 12.1 Å². The molecule has 2 fully saturated rings. The minimum Gasteiger partial charge on any atom is -0.478 e. The molecule has 6 atom stereocenters. The number of aliphatic carboxylic acids is 1. The van der Waals surface area contributed by atoms with Gasteiger partial charge in [-0.15, -0.1) is 11.8 Å². The Morgan fingerprint density at radius 2 is 1.94 bits per heavy atom. The Morgan fingerprint density at radius 3 is 2.56 bits per heavy atom. The first-order valence-corrected chi connectivity index (χ1v) is 11.5. The second-order valence-corrected chi connectivity index (χ2v) is 9.93. The van der Waals surface area contributed by atoms with Gasteiger partial charge >= 0.3 is 11.9 Å². The molecule has 4 rings (SSSR count). The predicted molar refractivity (Wildman–Crippen MR) is 125 cm³/mol. The number of hydrogen-bond donors (Lipinski definition) is 5. The number of carboxylic acids is 2. The van der Waals surface area contributed by atoms with Crippen molar-refractivity contribution in [2.24, 2.45) is 11.8 Å². The molecule has 3 aliphatic rings. The topological polar surface area (TPSA) is 156 Å². The van der Waals surface area contributed by atoms with E-state index in [-0.39, 0.29) is 69.8 Å². The smallest absolute Gasteiger partial charge is 0.353 e. The van der Waals surface area contributed by atoms with Crippen LogP contribution in [-0.2, 0) is 14.4 Å². The minimum atomic E-state index is -1.18. The van der Waals surface area contributed by atoms with Crippen LogP contribution in [0.3, 0.4) is 0 Å². The first-order valence-electron chi connectivity index (χ1n) is 10.6. The molecule has 1 radical (unpaired) electrons. The molecule has 34 heavy (non-hydrogen) atoms. The second-order valence-electron chi connectivity index (χ2n) is 8.58. The van der Waals surface area contributed by atoms with Crippen molar-refractivity contribution in [3.63, 3.8) is 0 Å². The average molecular weight is 499 g/mol. The van der Waals surface area contributed by atoms with Gasteiger partial charge in [0, 0.05) is 57.9 Å². The number of β-lactam (4-membered cyclic amide) rings is 1. The van der Waals surface area contributed by atoms with Crippen molar-refractivity contribution < 1.29 is 34.5 Å². The van der Waals surface area contributed by atoms with Crippen molar-refractivity contribution in [1.82, 2.24) is 10.2 Å². The number of rotatable bonds is 7. The van der Waals surface area contributed by atoms with E-state index in [1.165, 1.54) is 35.7 Å². The molecule has 12 heteroatoms. The van der Waals surface area contributed by atoms with Gasteiger partial charge in [0.05, 0.1) is 29.7 Å². The Bertz CT molecular complexity index is 1060. The number of nitrogens with one attached hydrogen (secondary N) is 2. The fourth-order valence-corrected chi connectivity index (χ4v) is 6.29. The molecule has 10 nitrogen and oxygen atoms in total. The van der Waals surface area contributed by atoms with Crippen LogP contribution in [0.4, 0.5) is 5.69 Å². The van der Waals surface area contributed by atoms with Gasteiger partial charge in [-0.25, -0.2) is 9.59 Å². The van der Waals surface area contributed by atoms with Crippen LogP contribution in [-0.4, -0.2) is 104 Å². The number of thioether (sulfide) groups is 1. The van der Waals surface area contributed by atoms with E-state index in [4.69, 9.17) is 5.11 Å². The molecule has 3 aliphatic heterocycles. The fraction of sp³-hybridized carbons (Fsp3) is 0.455. The fourth-order valence-electron chi connectivity index (χ4n) is 4.81. The maximum atomic E-state index is 12.7. The van der Waals surface area contributed by atoms with Crippen LogP contribution < -0.4 is 10.6 Å². The number of nitrogens with zero attached hydrogens (tertiary/aromatic N) is 1. The monoisotopic (exact) mass is 498 g/mol. The van der Waals surface area contributed by atoms with E-state index in [1.807, 2.05) is 6.92 Å². The van der Waals surface area contributed by atoms with Crippen molar-refractivity contribution in [3.8, 4) is 0 Å². The molecular formula is C22H25N3NaO7S. The number of carboxylic acid groups (broad SMARTS) is 2. The first kappa shape index (κ1) is 26.7. The molecule has 0 saturated carbocycles. The van der Waals surface area contributed by atoms with Gasteiger partial charge in [0.1, 0.15) is 5.70 Å². The third-order valence-corrected chi connectivity index (χ3v) is 7.90. The van der Waals surface area contributed by atoms with Crippen molar-refractivity contribution in [2.45, 2.75) is 43.7 Å². The van der Waals surface area contributed by atoms with Crippen molar-refractivity contribution in [1.29, 1.82) is 0 Å². The van der Waals surface area contributed by atoms with Gasteiger partial charge in [0.25, 0.3) is 0 Å². The molecule has 0 bridgehead atoms. The number of aromatic carboxylic acids is 1. The maximum Gasteiger partial charge on any atom is 0.353 e. The summed E-state index contributed by atoms with van der Waals surface area (Å²) < 4.78 is 0. The summed E-state index contributed by atoms with van der Waals surface area (Å²) in [6.45, 7) is 3.87. The number of carbonyl (C=O) groups excluding carboxylic acids is 2. The number of carbonyl (C=O) groups is 4. The number of anilines is 1. The summed E-state index contributed by atoms with van der Waals surface area (Å²) >= 11 is 1.36. The average Bonchev–Trinajstić information content (AvgIpc) is 3.30. The zero-order chi connectivity index (χ0) is 24.0. The molecule has 1 aromatic rings. The molecule has 1 aromatic carbocycles. The van der Waals surface area contributed by atoms with E-state index in [2.05, 4.69) is 10.6 Å². The molecule has 0 aromatic heterocycles. The second kappa shape index (κ2) is 10.4. The zero-order valence-electron chi connectivity index (χ0n) is 19.0. The molecule has 2 saturated heterocycles. The van der Waals surface area contributed by atoms with Crippen LogP contribution in [0, 0.1) is 11.8 Å². The third-order valence-electron chi connectivity index (χ3n) is 6.39. The van der Waals surface area contributed by atoms with E-state index in [0.717, 1.165) is 0 Å². The molecular weight excluding hydrogens is 473 g/mol. The van der Waals surface area contributed by atoms with E-state index in [0.29, 0.717) is 23.6 Å². The van der Waals surface area contributed by atoms with Crippen molar-refractivity contribution >= 4 is 70.8 Å². The van der Waals surface area contributed by atoms with Crippen LogP contribution in [0.15, 0.2) is 34.9 Å². The summed E-state index contributed by atoms with van der Waals surface area (Å²) in [6, 6.07) is 5.07. The number of hydrogen-bond acceptors (Lipinski definition) is 7. The SMILES string of the molecule is C[C@@H](O)[C@H]1C(=O)N2C(C(=O)O)=C(S[C@@H]3CN[C@H](C(=O)Nc4cccc(C(=O)O)c4)C3)[C@H](C)[C@H]12.[Na]. The summed E-state index contributed by atoms with van der Waals surface area (Å²) in [5.41, 5.74) is 0.418. The zero-order valence-corrected chi connectivity index (χ0v) is 21.8. The first-order chi connectivity index (χ1) is 15.6. The summed E-state index contributed by atoms with van der Waals surface area (Å²) in [5, 5.41) is 34.6. The summed E-state index contributed by atoms with van der Waals surface area (Å²) in [4.78, 5) is 50.1. The predicted octanol–water partition coefficient (Wildman–Crippen LogP) is 0.560. The Hall–Kier alpha value is -1.89. The van der Waals surface area contributed by atoms with Crippen LogP contribution >= 0.6 is 11.8 Å². The van der Waals surface area contributed by atoms with E-state index >= 15 is 0 Å². The molecule has 5 N–H and O–H groups in total. The molecule has 0 spiro atoms. The standard InChI is InChI=1S/C22H25N3O7S.Na/c1-9-16-15(10(2)26)20(28)25(16)17(22(31)32)18(9)33-13-7-14(23-8-13)19(27)24-12-5-3-4-11(6-12)21(29)30;/h3-6,9-10,13-16,23,26H,7-8H2,1-2H3,(H,24,27)(H,29,30)(H,31,32);/t9-,10-,13+,14+,15-,16-;/m1./s1. The summed E-state index contributed by atoms with van der Waals surface area (Å²) in [7, 11) is 0. The van der Waals surface area contributed by atoms with Crippen molar-refractivity contribution in [3.05, 3.63) is 40.4 Å². The Kier molecular flexibility index (Phi) is 8.16. The minimum absolute atomic E-state index is 0. The third kappa shape index (κ3) is 4.77. The molecule has 3 heterocycles. The van der Waals surface area contributed by atoms with Crippen LogP contribution in [0.2, 0.25) is 0 Å². The van der Waals surface area contributed by atoms with Gasteiger partial charge in [-0.2, -0.15) is 0 Å². The van der Waals surface area contributed by atoms with E-state index in [9.17, 15) is 29.4 Å². The normalized spacial score (nSPS) is 28.6. The van der Waals surface area contributed by atoms with Gasteiger partial charge in [-0.1, -0.05) is 13.0 Å². The van der Waals surface area contributed by atoms with Gasteiger partial charge in [-0.05, 0) is 31.5 Å². The van der Waals surface area contributed by atoms with Gasteiger partial charge in [-0.3, -0.25) is 9.59 Å². The van der Waals surface area contributed by atoms with E-state index < -0.39 is 30.0 Å². The quantitative estimate of drug-likeness (QED) is 0.268. The number of amides is 2. The number of fused-ring (bicyclic) bond motifs is 1. The van der Waals surface area contributed by atoms with Crippen LogP contribution in [0.1, 0.15) is 30.6 Å². The Balaban J connectivity index is 0.00000324. The van der Waals surface area contributed by atoms with Gasteiger partial charge in [0.15, 0.2) is 0 Å².